The lowest BCUT2D eigenvalue weighted by atomic mass is 10.0. The van der Waals surface area contributed by atoms with Crippen molar-refractivity contribution in [2.24, 2.45) is 0 Å². The van der Waals surface area contributed by atoms with Crippen LogP contribution in [0.25, 0.3) is 0 Å². The van der Waals surface area contributed by atoms with Gasteiger partial charge < -0.3 is 15.1 Å². The summed E-state index contributed by atoms with van der Waals surface area (Å²) in [4.78, 5) is 21.0. The van der Waals surface area contributed by atoms with Crippen molar-refractivity contribution in [3.8, 4) is 0 Å². The zero-order valence-electron chi connectivity index (χ0n) is 16.7. The molecule has 7 nitrogen and oxygen atoms in total. The van der Waals surface area contributed by atoms with Gasteiger partial charge in [-0.1, -0.05) is 17.7 Å². The van der Waals surface area contributed by atoms with Crippen molar-refractivity contribution in [3.63, 3.8) is 0 Å². The van der Waals surface area contributed by atoms with E-state index in [9.17, 15) is 4.79 Å². The molecule has 3 aromatic rings. The number of pyridine rings is 1. The average Bonchev–Trinajstić information content (AvgIpc) is 2.75. The van der Waals surface area contributed by atoms with Crippen molar-refractivity contribution in [1.29, 1.82) is 0 Å². The average molecular weight is 388 g/mol. The number of amides is 1. The van der Waals surface area contributed by atoms with Crippen molar-refractivity contribution in [2.45, 2.75) is 13.8 Å². The molecule has 1 N–H and O–H groups in total. The van der Waals surface area contributed by atoms with E-state index in [1.54, 1.807) is 12.4 Å². The number of carbonyl (C=O) groups excluding carboxylic acids is 1. The number of hydrogen-bond donors (Lipinski definition) is 1. The van der Waals surface area contributed by atoms with Crippen LogP contribution in [0.4, 0.5) is 17.3 Å². The Hall–Kier alpha value is -3.48. The number of anilines is 3. The molecule has 2 aromatic heterocycles. The number of nitrogens with one attached hydrogen (secondary N) is 1. The Morgan fingerprint density at radius 1 is 1.00 bits per heavy atom. The molecule has 7 heteroatoms. The van der Waals surface area contributed by atoms with Crippen LogP contribution in [0.2, 0.25) is 0 Å². The minimum absolute atomic E-state index is 0.101. The number of nitrogens with zero attached hydrogens (tertiary/aromatic N) is 5. The van der Waals surface area contributed by atoms with Gasteiger partial charge in [0.05, 0.1) is 11.9 Å². The molecule has 1 amide bonds. The van der Waals surface area contributed by atoms with Gasteiger partial charge in [-0.05, 0) is 49.7 Å². The molecule has 0 bridgehead atoms. The predicted molar refractivity (Wildman–Crippen MR) is 114 cm³/mol. The van der Waals surface area contributed by atoms with Gasteiger partial charge in [0.2, 0.25) is 0 Å². The largest absolute Gasteiger partial charge is 0.352 e. The fraction of sp³-hybridized carbons (Fsp3) is 0.273. The van der Waals surface area contributed by atoms with Crippen molar-refractivity contribution in [2.75, 3.05) is 36.4 Å². The van der Waals surface area contributed by atoms with Gasteiger partial charge in [-0.2, -0.15) is 0 Å². The molecular weight excluding hydrogens is 364 g/mol. The minimum atomic E-state index is 0.101. The van der Waals surface area contributed by atoms with E-state index in [4.69, 9.17) is 0 Å². The molecular formula is C22H24N6O. The maximum atomic E-state index is 12.9. The van der Waals surface area contributed by atoms with Gasteiger partial charge in [-0.3, -0.25) is 9.78 Å². The molecule has 0 atom stereocenters. The summed E-state index contributed by atoms with van der Waals surface area (Å²) in [6, 6.07) is 13.6. The van der Waals surface area contributed by atoms with E-state index < -0.39 is 0 Å². The lowest BCUT2D eigenvalue weighted by molar-refractivity contribution is 0.0745. The SMILES string of the molecule is Cc1ccc(C(=O)N2CCN(c3ccc(Nc4cccnc4)nn3)CC2)c(C)c1. The zero-order chi connectivity index (χ0) is 20.2. The molecule has 3 heterocycles. The molecule has 0 unspecified atom stereocenters. The quantitative estimate of drug-likeness (QED) is 0.740. The maximum absolute atomic E-state index is 12.9. The Kier molecular flexibility index (Phi) is 5.37. The van der Waals surface area contributed by atoms with Gasteiger partial charge in [0, 0.05) is 37.9 Å². The minimum Gasteiger partial charge on any atom is -0.352 e. The van der Waals surface area contributed by atoms with Crippen LogP contribution in [-0.4, -0.2) is 52.2 Å². The lowest BCUT2D eigenvalue weighted by Gasteiger charge is -2.35. The van der Waals surface area contributed by atoms with E-state index in [1.807, 2.05) is 55.1 Å². The van der Waals surface area contributed by atoms with E-state index in [0.717, 1.165) is 35.7 Å². The number of hydrogen-bond acceptors (Lipinski definition) is 6. The normalized spacial score (nSPS) is 14.0. The summed E-state index contributed by atoms with van der Waals surface area (Å²) in [5.41, 5.74) is 3.85. The fourth-order valence-electron chi connectivity index (χ4n) is 3.51. The van der Waals surface area contributed by atoms with Gasteiger partial charge >= 0.3 is 0 Å². The number of carbonyl (C=O) groups is 1. The number of benzene rings is 1. The van der Waals surface area contributed by atoms with Gasteiger partial charge in [-0.15, -0.1) is 10.2 Å². The summed E-state index contributed by atoms with van der Waals surface area (Å²) >= 11 is 0. The molecule has 0 saturated carbocycles. The second-order valence-corrected chi connectivity index (χ2v) is 7.24. The fourth-order valence-corrected chi connectivity index (χ4v) is 3.51. The van der Waals surface area contributed by atoms with Crippen LogP contribution in [0.3, 0.4) is 0 Å². The Labute approximate surface area is 170 Å². The summed E-state index contributed by atoms with van der Waals surface area (Å²) in [7, 11) is 0. The van der Waals surface area contributed by atoms with Crippen LogP contribution in [0.1, 0.15) is 21.5 Å². The van der Waals surface area contributed by atoms with E-state index in [1.165, 1.54) is 5.56 Å². The first-order chi connectivity index (χ1) is 14.1. The summed E-state index contributed by atoms with van der Waals surface area (Å²) in [6.07, 6.45) is 3.46. The molecule has 4 rings (SSSR count). The first kappa shape index (κ1) is 18.9. The monoisotopic (exact) mass is 388 g/mol. The van der Waals surface area contributed by atoms with Gasteiger partial charge in [0.25, 0.3) is 5.91 Å². The Balaban J connectivity index is 1.36. The highest BCUT2D eigenvalue weighted by atomic mass is 16.2. The third-order valence-corrected chi connectivity index (χ3v) is 5.09. The van der Waals surface area contributed by atoms with Crippen LogP contribution in [-0.2, 0) is 0 Å². The first-order valence-electron chi connectivity index (χ1n) is 9.72. The number of aromatic nitrogens is 3. The zero-order valence-corrected chi connectivity index (χ0v) is 16.7. The standard InChI is InChI=1S/C22H24N6O/c1-16-5-6-19(17(2)14-16)22(29)28-12-10-27(11-13-28)21-8-7-20(25-26-21)24-18-4-3-9-23-15-18/h3-9,14-15H,10-13H2,1-2H3,(H,24,25). The van der Waals surface area contributed by atoms with Crippen molar-refractivity contribution >= 4 is 23.2 Å². The molecule has 1 fully saturated rings. The van der Waals surface area contributed by atoms with E-state index >= 15 is 0 Å². The Morgan fingerprint density at radius 2 is 1.83 bits per heavy atom. The summed E-state index contributed by atoms with van der Waals surface area (Å²) in [6.45, 7) is 6.85. The van der Waals surface area contributed by atoms with Crippen LogP contribution in [0.5, 0.6) is 0 Å². The third kappa shape index (κ3) is 4.34. The Morgan fingerprint density at radius 3 is 2.48 bits per heavy atom. The molecule has 0 aliphatic carbocycles. The summed E-state index contributed by atoms with van der Waals surface area (Å²) < 4.78 is 0. The molecule has 1 saturated heterocycles. The van der Waals surface area contributed by atoms with E-state index in [2.05, 4.69) is 31.5 Å². The van der Waals surface area contributed by atoms with Crippen molar-refractivity contribution in [3.05, 3.63) is 71.5 Å². The summed E-state index contributed by atoms with van der Waals surface area (Å²) in [5, 5.41) is 11.8. The second kappa shape index (κ2) is 8.26. The van der Waals surface area contributed by atoms with Crippen molar-refractivity contribution < 1.29 is 4.79 Å². The Bertz CT molecular complexity index is 982. The lowest BCUT2D eigenvalue weighted by Crippen LogP contribution is -2.49. The van der Waals surface area contributed by atoms with Gasteiger partial charge in [-0.25, -0.2) is 0 Å². The van der Waals surface area contributed by atoms with Crippen LogP contribution in [0.15, 0.2) is 54.9 Å². The van der Waals surface area contributed by atoms with E-state index in [-0.39, 0.29) is 5.91 Å². The molecule has 0 radical (unpaired) electrons. The topological polar surface area (TPSA) is 74.2 Å². The summed E-state index contributed by atoms with van der Waals surface area (Å²) in [5.74, 6) is 1.59. The second-order valence-electron chi connectivity index (χ2n) is 7.24. The van der Waals surface area contributed by atoms with Crippen LogP contribution < -0.4 is 10.2 Å². The molecule has 1 aliphatic heterocycles. The highest BCUT2D eigenvalue weighted by Gasteiger charge is 2.24. The molecule has 1 aromatic carbocycles. The molecule has 1 aliphatic rings. The smallest absolute Gasteiger partial charge is 0.254 e. The number of aryl methyl sites for hydroxylation is 2. The van der Waals surface area contributed by atoms with Crippen LogP contribution in [0, 0.1) is 13.8 Å². The maximum Gasteiger partial charge on any atom is 0.254 e. The number of piperazine rings is 1. The molecule has 148 valence electrons. The highest BCUT2D eigenvalue weighted by molar-refractivity contribution is 5.95. The van der Waals surface area contributed by atoms with Crippen LogP contribution >= 0.6 is 0 Å². The third-order valence-electron chi connectivity index (χ3n) is 5.09. The molecule has 0 spiro atoms. The van der Waals surface area contributed by atoms with E-state index in [0.29, 0.717) is 18.9 Å². The van der Waals surface area contributed by atoms with Gasteiger partial charge in [0.15, 0.2) is 11.6 Å². The number of rotatable bonds is 4. The van der Waals surface area contributed by atoms with Crippen molar-refractivity contribution in [1.82, 2.24) is 20.1 Å². The molecule has 29 heavy (non-hydrogen) atoms. The first-order valence-corrected chi connectivity index (χ1v) is 9.72. The van der Waals surface area contributed by atoms with Gasteiger partial charge in [0.1, 0.15) is 0 Å². The highest BCUT2D eigenvalue weighted by Crippen LogP contribution is 2.19. The predicted octanol–water partition coefficient (Wildman–Crippen LogP) is 3.19.